The van der Waals surface area contributed by atoms with E-state index in [4.69, 9.17) is 9.47 Å². The highest BCUT2D eigenvalue weighted by Gasteiger charge is 2.25. The van der Waals surface area contributed by atoms with Crippen LogP contribution in [0, 0.1) is 17.5 Å². The molecule has 3 rings (SSSR count). The molecule has 29 heavy (non-hydrogen) atoms. The molecule has 1 aliphatic heterocycles. The number of benzene rings is 2. The molecule has 0 radical (unpaired) electrons. The molecule has 0 aromatic heterocycles. The molecule has 1 saturated heterocycles. The molecule has 2 aromatic rings. The first-order chi connectivity index (χ1) is 13.7. The van der Waals surface area contributed by atoms with Crippen LogP contribution in [0.15, 0.2) is 35.2 Å². The summed E-state index contributed by atoms with van der Waals surface area (Å²) in [4.78, 5) is 12.4. The average molecular weight is 430 g/mol. The van der Waals surface area contributed by atoms with Crippen molar-refractivity contribution in [2.75, 3.05) is 25.6 Å². The highest BCUT2D eigenvalue weighted by atomic mass is 32.2. The molecule has 1 amide bonds. The number of halogens is 3. The molecule has 0 aliphatic carbocycles. The van der Waals surface area contributed by atoms with E-state index in [0.29, 0.717) is 25.2 Å². The van der Waals surface area contributed by atoms with Crippen molar-refractivity contribution in [2.24, 2.45) is 0 Å². The lowest BCUT2D eigenvalue weighted by Crippen LogP contribution is -2.35. The number of amides is 1. The molecule has 0 saturated carbocycles. The van der Waals surface area contributed by atoms with Crippen molar-refractivity contribution in [1.29, 1.82) is 0 Å². The summed E-state index contributed by atoms with van der Waals surface area (Å²) in [5, 5.41) is 2.19. The standard InChI is InChI=1S/C18H17F3N2O5S/c1-27-16-3-2-12(29(25,26)23-10-4-5-28-9-10)8-13(16)18(24)22-11-6-14(19)17(21)15(20)7-11/h2-3,6-8,10,23H,4-5,9H2,1H3,(H,22,24)/t10-/m0/s1. The van der Waals surface area contributed by atoms with Gasteiger partial charge in [0.1, 0.15) is 5.75 Å². The number of carbonyl (C=O) groups excluding carboxylic acids is 1. The van der Waals surface area contributed by atoms with Gasteiger partial charge in [0.05, 0.1) is 24.2 Å². The topological polar surface area (TPSA) is 93.7 Å². The third-order valence-corrected chi connectivity index (χ3v) is 5.74. The third-order valence-electron chi connectivity index (χ3n) is 4.22. The van der Waals surface area contributed by atoms with Crippen LogP contribution in [0.5, 0.6) is 5.75 Å². The Kier molecular flexibility index (Phi) is 6.10. The maximum atomic E-state index is 13.4. The smallest absolute Gasteiger partial charge is 0.259 e. The summed E-state index contributed by atoms with van der Waals surface area (Å²) in [7, 11) is -2.68. The number of hydrogen-bond donors (Lipinski definition) is 2. The highest BCUT2D eigenvalue weighted by Crippen LogP contribution is 2.25. The van der Waals surface area contributed by atoms with Gasteiger partial charge < -0.3 is 14.8 Å². The van der Waals surface area contributed by atoms with Gasteiger partial charge in [0.25, 0.3) is 5.91 Å². The lowest BCUT2D eigenvalue weighted by molar-refractivity contribution is 0.102. The van der Waals surface area contributed by atoms with Gasteiger partial charge in [-0.15, -0.1) is 0 Å². The second-order valence-electron chi connectivity index (χ2n) is 6.25. The van der Waals surface area contributed by atoms with Crippen molar-refractivity contribution in [3.05, 3.63) is 53.3 Å². The lowest BCUT2D eigenvalue weighted by atomic mass is 10.1. The molecular formula is C18H17F3N2O5S. The molecule has 11 heteroatoms. The predicted molar refractivity (Wildman–Crippen MR) is 96.8 cm³/mol. The quantitative estimate of drug-likeness (QED) is 0.687. The summed E-state index contributed by atoms with van der Waals surface area (Å²) in [5.41, 5.74) is -0.536. The SMILES string of the molecule is COc1ccc(S(=O)(=O)N[C@H]2CCOC2)cc1C(=O)Nc1cc(F)c(F)c(F)c1. The number of nitrogens with one attached hydrogen (secondary N) is 2. The van der Waals surface area contributed by atoms with Gasteiger partial charge in [-0.1, -0.05) is 0 Å². The van der Waals surface area contributed by atoms with Crippen LogP contribution in [0.2, 0.25) is 0 Å². The van der Waals surface area contributed by atoms with Gasteiger partial charge in [-0.25, -0.2) is 26.3 Å². The van der Waals surface area contributed by atoms with Gasteiger partial charge in [-0.2, -0.15) is 0 Å². The first-order valence-electron chi connectivity index (χ1n) is 8.45. The molecule has 2 N–H and O–H groups in total. The fraction of sp³-hybridized carbons (Fsp3) is 0.278. The van der Waals surface area contributed by atoms with E-state index in [1.54, 1.807) is 0 Å². The molecule has 1 fully saturated rings. The number of ether oxygens (including phenoxy) is 2. The van der Waals surface area contributed by atoms with Crippen molar-refractivity contribution in [3.63, 3.8) is 0 Å². The van der Waals surface area contributed by atoms with E-state index in [1.807, 2.05) is 0 Å². The number of hydrogen-bond acceptors (Lipinski definition) is 5. The Morgan fingerprint density at radius 3 is 2.45 bits per heavy atom. The minimum absolute atomic E-state index is 0.0358. The number of carbonyl (C=O) groups is 1. The zero-order valence-electron chi connectivity index (χ0n) is 15.2. The van der Waals surface area contributed by atoms with Crippen molar-refractivity contribution < 1.29 is 35.9 Å². The molecular weight excluding hydrogens is 413 g/mol. The first kappa shape index (κ1) is 21.1. The van der Waals surface area contributed by atoms with Crippen LogP contribution < -0.4 is 14.8 Å². The Labute approximate surface area is 164 Å². The zero-order chi connectivity index (χ0) is 21.2. The largest absolute Gasteiger partial charge is 0.496 e. The molecule has 0 spiro atoms. The molecule has 1 atom stereocenters. The molecule has 1 heterocycles. The monoisotopic (exact) mass is 430 g/mol. The van der Waals surface area contributed by atoms with Crippen LogP contribution in [0.25, 0.3) is 0 Å². The number of anilines is 1. The predicted octanol–water partition coefficient (Wildman–Crippen LogP) is 2.43. The second-order valence-corrected chi connectivity index (χ2v) is 7.97. The van der Waals surface area contributed by atoms with E-state index >= 15 is 0 Å². The van der Waals surface area contributed by atoms with Crippen LogP contribution >= 0.6 is 0 Å². The van der Waals surface area contributed by atoms with Gasteiger partial charge in [-0.3, -0.25) is 4.79 Å². The minimum atomic E-state index is -3.95. The van der Waals surface area contributed by atoms with E-state index in [-0.39, 0.29) is 34.5 Å². The van der Waals surface area contributed by atoms with Crippen molar-refractivity contribution in [2.45, 2.75) is 17.4 Å². The normalized spacial score (nSPS) is 16.6. The molecule has 7 nitrogen and oxygen atoms in total. The summed E-state index contributed by atoms with van der Waals surface area (Å²) in [5.74, 6) is -5.49. The fourth-order valence-electron chi connectivity index (χ4n) is 2.77. The van der Waals surface area contributed by atoms with Crippen LogP contribution in [0.3, 0.4) is 0 Å². The van der Waals surface area contributed by atoms with Gasteiger partial charge in [0, 0.05) is 30.5 Å². The van der Waals surface area contributed by atoms with Crippen LogP contribution in [-0.4, -0.2) is 40.7 Å². The van der Waals surface area contributed by atoms with E-state index in [0.717, 1.165) is 6.07 Å². The minimum Gasteiger partial charge on any atom is -0.496 e. The summed E-state index contributed by atoms with van der Waals surface area (Å²) >= 11 is 0. The molecule has 1 aliphatic rings. The Bertz CT molecular complexity index is 1020. The van der Waals surface area contributed by atoms with E-state index in [2.05, 4.69) is 10.0 Å². The maximum Gasteiger partial charge on any atom is 0.259 e. The van der Waals surface area contributed by atoms with Crippen LogP contribution in [0.1, 0.15) is 16.8 Å². The summed E-state index contributed by atoms with van der Waals surface area (Å²) in [6.45, 7) is 0.679. The van der Waals surface area contributed by atoms with E-state index in [1.165, 1.54) is 19.2 Å². The van der Waals surface area contributed by atoms with Gasteiger partial charge in [0.2, 0.25) is 10.0 Å². The average Bonchev–Trinajstić information content (AvgIpc) is 3.17. The lowest BCUT2D eigenvalue weighted by Gasteiger charge is -2.14. The van der Waals surface area contributed by atoms with Gasteiger partial charge in [0.15, 0.2) is 17.5 Å². The summed E-state index contributed by atoms with van der Waals surface area (Å²) in [6.07, 6.45) is 0.518. The Balaban J connectivity index is 1.89. The molecule has 2 aromatic carbocycles. The zero-order valence-corrected chi connectivity index (χ0v) is 16.0. The van der Waals surface area contributed by atoms with Crippen LogP contribution in [0.4, 0.5) is 18.9 Å². The molecule has 0 unspecified atom stereocenters. The summed E-state index contributed by atoms with van der Waals surface area (Å²) < 4.78 is 77.6. The van der Waals surface area contributed by atoms with Crippen molar-refractivity contribution >= 4 is 21.6 Å². The van der Waals surface area contributed by atoms with E-state index in [9.17, 15) is 26.4 Å². The van der Waals surface area contributed by atoms with Crippen LogP contribution in [-0.2, 0) is 14.8 Å². The molecule has 0 bridgehead atoms. The number of methoxy groups -OCH3 is 1. The Morgan fingerprint density at radius 2 is 1.86 bits per heavy atom. The first-order valence-corrected chi connectivity index (χ1v) is 9.93. The summed E-state index contributed by atoms with van der Waals surface area (Å²) in [6, 6.07) is 4.42. The van der Waals surface area contributed by atoms with Gasteiger partial charge in [-0.05, 0) is 24.6 Å². The highest BCUT2D eigenvalue weighted by molar-refractivity contribution is 7.89. The van der Waals surface area contributed by atoms with Gasteiger partial charge >= 0.3 is 0 Å². The van der Waals surface area contributed by atoms with Crippen molar-refractivity contribution in [1.82, 2.24) is 4.72 Å². The maximum absolute atomic E-state index is 13.4. The van der Waals surface area contributed by atoms with E-state index < -0.39 is 33.4 Å². The Morgan fingerprint density at radius 1 is 1.17 bits per heavy atom. The fourth-order valence-corrected chi connectivity index (χ4v) is 4.05. The second kappa shape index (κ2) is 8.39. The third kappa shape index (κ3) is 4.69. The Hall–Kier alpha value is -2.63. The van der Waals surface area contributed by atoms with Crippen molar-refractivity contribution in [3.8, 4) is 5.75 Å². The number of sulfonamides is 1. The molecule has 156 valence electrons. The number of rotatable bonds is 6.